The summed E-state index contributed by atoms with van der Waals surface area (Å²) in [5, 5.41) is 2.85. The predicted octanol–water partition coefficient (Wildman–Crippen LogP) is 3.38. The van der Waals surface area contributed by atoms with E-state index >= 15 is 0 Å². The van der Waals surface area contributed by atoms with E-state index in [4.69, 9.17) is 9.47 Å². The molecule has 0 bridgehead atoms. The Morgan fingerprint density at radius 2 is 1.96 bits per heavy atom. The molecule has 0 atom stereocenters. The highest BCUT2D eigenvalue weighted by atomic mass is 16.5. The van der Waals surface area contributed by atoms with Crippen molar-refractivity contribution in [3.63, 3.8) is 0 Å². The molecule has 0 spiro atoms. The zero-order valence-electron chi connectivity index (χ0n) is 16.7. The smallest absolute Gasteiger partial charge is 0.246 e. The van der Waals surface area contributed by atoms with Crippen LogP contribution in [0.25, 0.3) is 11.0 Å². The molecule has 0 aliphatic heterocycles. The van der Waals surface area contributed by atoms with Gasteiger partial charge < -0.3 is 19.4 Å². The van der Waals surface area contributed by atoms with Crippen LogP contribution in [0.3, 0.4) is 0 Å². The molecule has 0 saturated heterocycles. The first-order chi connectivity index (χ1) is 13.6. The van der Waals surface area contributed by atoms with Gasteiger partial charge in [0.05, 0.1) is 24.2 Å². The Balaban J connectivity index is 1.66. The van der Waals surface area contributed by atoms with Crippen LogP contribution < -0.4 is 10.1 Å². The molecular weight excluding hydrogens is 354 g/mol. The topological polar surface area (TPSA) is 65.4 Å². The van der Waals surface area contributed by atoms with Crippen LogP contribution in [0.5, 0.6) is 5.75 Å². The number of imidazole rings is 1. The number of fused-ring (bicyclic) bond motifs is 1. The number of methoxy groups -OCH3 is 1. The zero-order chi connectivity index (χ0) is 19.9. The third kappa shape index (κ3) is 4.70. The summed E-state index contributed by atoms with van der Waals surface area (Å²) in [7, 11) is 1.50. The van der Waals surface area contributed by atoms with Crippen LogP contribution in [0.15, 0.2) is 42.5 Å². The van der Waals surface area contributed by atoms with Gasteiger partial charge in [-0.15, -0.1) is 0 Å². The maximum Gasteiger partial charge on any atom is 0.246 e. The molecule has 0 fully saturated rings. The molecule has 0 saturated carbocycles. The van der Waals surface area contributed by atoms with Gasteiger partial charge in [-0.2, -0.15) is 0 Å². The van der Waals surface area contributed by atoms with Gasteiger partial charge in [0.25, 0.3) is 0 Å². The second-order valence-corrected chi connectivity index (χ2v) is 6.78. The van der Waals surface area contributed by atoms with Crippen molar-refractivity contribution in [2.24, 2.45) is 0 Å². The van der Waals surface area contributed by atoms with Crippen LogP contribution in [-0.4, -0.2) is 35.8 Å². The van der Waals surface area contributed by atoms with E-state index in [2.05, 4.69) is 34.8 Å². The minimum atomic E-state index is -0.153. The van der Waals surface area contributed by atoms with E-state index in [0.29, 0.717) is 13.2 Å². The number of benzene rings is 2. The quantitative estimate of drug-likeness (QED) is 0.577. The minimum absolute atomic E-state index is 0.0455. The van der Waals surface area contributed by atoms with Crippen molar-refractivity contribution >= 4 is 16.9 Å². The van der Waals surface area contributed by atoms with Gasteiger partial charge in [0.2, 0.25) is 5.91 Å². The fourth-order valence-corrected chi connectivity index (χ4v) is 3.15. The average Bonchev–Trinajstić information content (AvgIpc) is 3.04. The molecule has 1 amide bonds. The molecule has 3 rings (SSSR count). The van der Waals surface area contributed by atoms with E-state index in [-0.39, 0.29) is 12.5 Å². The van der Waals surface area contributed by atoms with Crippen molar-refractivity contribution in [2.45, 2.75) is 33.4 Å². The van der Waals surface area contributed by atoms with E-state index in [1.807, 2.05) is 36.4 Å². The Hall–Kier alpha value is -2.86. The number of rotatable bonds is 9. The molecule has 0 radical (unpaired) electrons. The van der Waals surface area contributed by atoms with Crippen molar-refractivity contribution < 1.29 is 14.3 Å². The van der Waals surface area contributed by atoms with Gasteiger partial charge >= 0.3 is 0 Å². The average molecular weight is 381 g/mol. The zero-order valence-corrected chi connectivity index (χ0v) is 16.7. The largest absolute Gasteiger partial charge is 0.493 e. The maximum absolute atomic E-state index is 11.7. The predicted molar refractivity (Wildman–Crippen MR) is 109 cm³/mol. The van der Waals surface area contributed by atoms with Crippen molar-refractivity contribution in [2.75, 3.05) is 20.3 Å². The monoisotopic (exact) mass is 381 g/mol. The normalized spacial score (nSPS) is 11.0. The highest BCUT2D eigenvalue weighted by Gasteiger charge is 2.11. The van der Waals surface area contributed by atoms with E-state index in [1.54, 1.807) is 0 Å². The summed E-state index contributed by atoms with van der Waals surface area (Å²) in [6.45, 7) is 5.96. The first-order valence-corrected chi connectivity index (χ1v) is 9.49. The van der Waals surface area contributed by atoms with Gasteiger partial charge in [0, 0.05) is 13.7 Å². The Labute approximate surface area is 165 Å². The SMILES string of the molecule is COCC(=O)NCc1nc2ccccc2n1CCCOc1cccc(C)c1C. The number of carbonyl (C=O) groups excluding carboxylic acids is 1. The van der Waals surface area contributed by atoms with Crippen LogP contribution in [-0.2, 0) is 22.6 Å². The van der Waals surface area contributed by atoms with Gasteiger partial charge in [-0.05, 0) is 49.6 Å². The molecule has 0 aliphatic carbocycles. The lowest BCUT2D eigenvalue weighted by atomic mass is 10.1. The van der Waals surface area contributed by atoms with E-state index in [0.717, 1.165) is 35.6 Å². The number of nitrogens with zero attached hydrogens (tertiary/aromatic N) is 2. The lowest BCUT2D eigenvalue weighted by Crippen LogP contribution is -2.28. The second-order valence-electron chi connectivity index (χ2n) is 6.78. The molecule has 148 valence electrons. The molecule has 6 heteroatoms. The van der Waals surface area contributed by atoms with E-state index < -0.39 is 0 Å². The van der Waals surface area contributed by atoms with Crippen LogP contribution in [0, 0.1) is 13.8 Å². The maximum atomic E-state index is 11.7. The fourth-order valence-electron chi connectivity index (χ4n) is 3.15. The Morgan fingerprint density at radius 1 is 1.14 bits per heavy atom. The summed E-state index contributed by atoms with van der Waals surface area (Å²) < 4.78 is 13.0. The van der Waals surface area contributed by atoms with Gasteiger partial charge in [0.1, 0.15) is 18.2 Å². The Morgan fingerprint density at radius 3 is 2.79 bits per heavy atom. The number of aryl methyl sites for hydroxylation is 2. The number of hydrogen-bond donors (Lipinski definition) is 1. The van der Waals surface area contributed by atoms with Gasteiger partial charge in [-0.1, -0.05) is 24.3 Å². The summed E-state index contributed by atoms with van der Waals surface area (Å²) in [5.41, 5.74) is 4.39. The Kier molecular flexibility index (Phi) is 6.66. The third-order valence-electron chi connectivity index (χ3n) is 4.79. The number of amides is 1. The molecule has 1 heterocycles. The molecular formula is C22H27N3O3. The summed E-state index contributed by atoms with van der Waals surface area (Å²) in [4.78, 5) is 16.4. The van der Waals surface area contributed by atoms with Gasteiger partial charge in [-0.25, -0.2) is 4.98 Å². The molecule has 2 aromatic carbocycles. The second kappa shape index (κ2) is 9.37. The van der Waals surface area contributed by atoms with Gasteiger partial charge in [-0.3, -0.25) is 4.79 Å². The van der Waals surface area contributed by atoms with Crippen molar-refractivity contribution in [3.8, 4) is 5.75 Å². The first kappa shape index (κ1) is 19.9. The highest BCUT2D eigenvalue weighted by Crippen LogP contribution is 2.21. The van der Waals surface area contributed by atoms with Crippen LogP contribution in [0.4, 0.5) is 0 Å². The van der Waals surface area contributed by atoms with Crippen LogP contribution in [0.1, 0.15) is 23.4 Å². The van der Waals surface area contributed by atoms with Crippen molar-refractivity contribution in [1.82, 2.24) is 14.9 Å². The fraction of sp³-hybridized carbons (Fsp3) is 0.364. The van der Waals surface area contributed by atoms with Crippen LogP contribution in [0.2, 0.25) is 0 Å². The van der Waals surface area contributed by atoms with E-state index in [9.17, 15) is 4.79 Å². The van der Waals surface area contributed by atoms with Crippen molar-refractivity contribution in [3.05, 3.63) is 59.4 Å². The number of aromatic nitrogens is 2. The summed E-state index contributed by atoms with van der Waals surface area (Å²) >= 11 is 0. The number of nitrogens with one attached hydrogen (secondary N) is 1. The van der Waals surface area contributed by atoms with Crippen LogP contribution >= 0.6 is 0 Å². The number of hydrogen-bond acceptors (Lipinski definition) is 4. The molecule has 0 unspecified atom stereocenters. The summed E-state index contributed by atoms with van der Waals surface area (Å²) in [5.74, 6) is 1.61. The lowest BCUT2D eigenvalue weighted by Gasteiger charge is -2.13. The molecule has 3 aromatic rings. The highest BCUT2D eigenvalue weighted by molar-refractivity contribution is 5.78. The number of para-hydroxylation sites is 2. The molecule has 0 aliphatic rings. The lowest BCUT2D eigenvalue weighted by molar-refractivity contribution is -0.124. The number of carbonyl (C=O) groups is 1. The third-order valence-corrected chi connectivity index (χ3v) is 4.79. The van der Waals surface area contributed by atoms with Gasteiger partial charge in [0.15, 0.2) is 0 Å². The first-order valence-electron chi connectivity index (χ1n) is 9.49. The summed E-state index contributed by atoms with van der Waals surface area (Å²) in [6, 6.07) is 14.1. The van der Waals surface area contributed by atoms with E-state index in [1.165, 1.54) is 18.2 Å². The number of ether oxygens (including phenoxy) is 2. The van der Waals surface area contributed by atoms with Crippen molar-refractivity contribution in [1.29, 1.82) is 0 Å². The molecule has 1 aromatic heterocycles. The minimum Gasteiger partial charge on any atom is -0.493 e. The Bertz CT molecular complexity index is 949. The summed E-state index contributed by atoms with van der Waals surface area (Å²) in [6.07, 6.45) is 0.840. The molecule has 6 nitrogen and oxygen atoms in total. The standard InChI is InChI=1S/C22H27N3O3/c1-16-8-6-11-20(17(16)2)28-13-7-12-25-19-10-5-4-9-18(19)24-21(25)14-23-22(26)15-27-3/h4-6,8-11H,7,12-15H2,1-3H3,(H,23,26). The molecule has 28 heavy (non-hydrogen) atoms. The molecule has 1 N–H and O–H groups in total.